The Morgan fingerprint density at radius 2 is 1.87 bits per heavy atom. The third kappa shape index (κ3) is 3.07. The number of anilines is 1. The lowest BCUT2D eigenvalue weighted by molar-refractivity contribution is -0.249. The van der Waals surface area contributed by atoms with Gasteiger partial charge in [0, 0.05) is 19.0 Å². The average Bonchev–Trinajstić information content (AvgIpc) is 2.94. The lowest BCUT2D eigenvalue weighted by atomic mass is 10.0. The van der Waals surface area contributed by atoms with Crippen LogP contribution in [-0.4, -0.2) is 37.9 Å². The summed E-state index contributed by atoms with van der Waals surface area (Å²) in [6.45, 7) is 1.65. The Labute approximate surface area is 131 Å². The monoisotopic (exact) mass is 354 g/mol. The van der Waals surface area contributed by atoms with E-state index < -0.39 is 29.4 Å². The average molecular weight is 354 g/mol. The van der Waals surface area contributed by atoms with Gasteiger partial charge in [-0.2, -0.15) is 22.0 Å². The molecule has 0 aromatic carbocycles. The molecular formula is C13H11F5N2O2S. The van der Waals surface area contributed by atoms with Crippen LogP contribution in [0.1, 0.15) is 10.4 Å². The van der Waals surface area contributed by atoms with Crippen molar-refractivity contribution in [3.63, 3.8) is 0 Å². The van der Waals surface area contributed by atoms with E-state index in [9.17, 15) is 26.7 Å². The molecular weight excluding hydrogens is 343 g/mol. The highest BCUT2D eigenvalue weighted by atomic mass is 32.1. The Morgan fingerprint density at radius 1 is 1.26 bits per heavy atom. The molecule has 10 heteroatoms. The van der Waals surface area contributed by atoms with Crippen molar-refractivity contribution in [2.24, 2.45) is 5.16 Å². The van der Waals surface area contributed by atoms with E-state index in [1.165, 1.54) is 0 Å². The summed E-state index contributed by atoms with van der Waals surface area (Å²) in [5.74, 6) is -6.62. The first-order chi connectivity index (χ1) is 10.4. The maximum absolute atomic E-state index is 13.5. The molecule has 1 aromatic rings. The fourth-order valence-corrected chi connectivity index (χ4v) is 2.78. The van der Waals surface area contributed by atoms with Crippen LogP contribution in [0.4, 0.5) is 27.0 Å². The Balaban J connectivity index is 2.48. The molecule has 1 aliphatic heterocycles. The van der Waals surface area contributed by atoms with Gasteiger partial charge in [-0.25, -0.2) is 4.79 Å². The van der Waals surface area contributed by atoms with E-state index in [-0.39, 0.29) is 0 Å². The van der Waals surface area contributed by atoms with Crippen LogP contribution in [-0.2, 0) is 9.63 Å². The first-order valence-corrected chi connectivity index (χ1v) is 7.01. The minimum atomic E-state index is -5.88. The smallest absolute Gasteiger partial charge is 0.370 e. The summed E-state index contributed by atoms with van der Waals surface area (Å²) in [6.07, 6.45) is -4.93. The third-order valence-electron chi connectivity index (χ3n) is 3.01. The molecule has 1 aromatic heterocycles. The normalized spacial score (nSPS) is 17.5. The molecule has 4 nitrogen and oxygen atoms in total. The zero-order chi connectivity index (χ0) is 17.6. The van der Waals surface area contributed by atoms with E-state index in [2.05, 4.69) is 9.99 Å². The van der Waals surface area contributed by atoms with E-state index in [0.29, 0.717) is 10.4 Å². The minimum absolute atomic E-state index is 0.369. The van der Waals surface area contributed by atoms with E-state index >= 15 is 0 Å². The number of rotatable bonds is 3. The Bertz CT molecular complexity index is 704. The standard InChI is InChI=1S/C13H11F5N2O2S/c1-6-4-9(20(2)3)23-8(6)5-7-10(19-22-11(7)21)12(14,15)13(16,17)18/h4-5H,1-3H3. The van der Waals surface area contributed by atoms with Gasteiger partial charge in [0.15, 0.2) is 5.71 Å². The van der Waals surface area contributed by atoms with Crippen LogP contribution < -0.4 is 4.90 Å². The number of halogens is 5. The molecule has 0 atom stereocenters. The molecule has 2 rings (SSSR count). The highest BCUT2D eigenvalue weighted by Gasteiger charge is 2.64. The Hall–Kier alpha value is -1.97. The van der Waals surface area contributed by atoms with Crippen LogP contribution in [0.25, 0.3) is 6.08 Å². The van der Waals surface area contributed by atoms with Crippen LogP contribution in [0.5, 0.6) is 0 Å². The van der Waals surface area contributed by atoms with E-state index in [0.717, 1.165) is 22.4 Å². The molecule has 2 heterocycles. The summed E-state index contributed by atoms with van der Waals surface area (Å²) in [7, 11) is 3.49. The summed E-state index contributed by atoms with van der Waals surface area (Å²) in [5.41, 5.74) is -2.00. The van der Waals surface area contributed by atoms with Gasteiger partial charge in [0.1, 0.15) is 0 Å². The van der Waals surface area contributed by atoms with Crippen LogP contribution in [0.3, 0.4) is 0 Å². The number of hydrogen-bond acceptors (Lipinski definition) is 5. The maximum atomic E-state index is 13.5. The zero-order valence-electron chi connectivity index (χ0n) is 12.2. The highest BCUT2D eigenvalue weighted by molar-refractivity contribution is 7.17. The zero-order valence-corrected chi connectivity index (χ0v) is 13.0. The van der Waals surface area contributed by atoms with Crippen molar-refractivity contribution >= 4 is 34.1 Å². The van der Waals surface area contributed by atoms with Gasteiger partial charge >= 0.3 is 18.1 Å². The van der Waals surface area contributed by atoms with Crippen LogP contribution in [0, 0.1) is 6.92 Å². The molecule has 0 amide bonds. The van der Waals surface area contributed by atoms with E-state index in [1.54, 1.807) is 32.0 Å². The van der Waals surface area contributed by atoms with Crippen molar-refractivity contribution in [3.05, 3.63) is 22.1 Å². The molecule has 0 aliphatic carbocycles. The molecule has 0 spiro atoms. The molecule has 1 aliphatic rings. The second-order valence-electron chi connectivity index (χ2n) is 4.98. The van der Waals surface area contributed by atoms with Gasteiger partial charge in [-0.05, 0) is 24.6 Å². The number of aryl methyl sites for hydroxylation is 1. The van der Waals surface area contributed by atoms with Crippen LogP contribution in [0.2, 0.25) is 0 Å². The highest BCUT2D eigenvalue weighted by Crippen LogP contribution is 2.41. The predicted octanol–water partition coefficient (Wildman–Crippen LogP) is 3.62. The second kappa shape index (κ2) is 5.59. The molecule has 0 saturated heterocycles. The number of alkyl halides is 5. The fraction of sp³-hybridized carbons (Fsp3) is 0.385. The molecule has 0 bridgehead atoms. The van der Waals surface area contributed by atoms with Gasteiger partial charge in [0.2, 0.25) is 0 Å². The SMILES string of the molecule is Cc1cc(N(C)C)sc1C=C1C(=O)ON=C1C(F)(F)C(F)(F)F. The van der Waals surface area contributed by atoms with Gasteiger partial charge in [0.25, 0.3) is 0 Å². The topological polar surface area (TPSA) is 41.9 Å². The Morgan fingerprint density at radius 3 is 2.35 bits per heavy atom. The first kappa shape index (κ1) is 17.4. The van der Waals surface area contributed by atoms with Gasteiger partial charge in [-0.15, -0.1) is 11.3 Å². The second-order valence-corrected chi connectivity index (χ2v) is 6.04. The summed E-state index contributed by atoms with van der Waals surface area (Å²) < 4.78 is 64.4. The summed E-state index contributed by atoms with van der Waals surface area (Å²) in [6, 6.07) is 1.72. The maximum Gasteiger partial charge on any atom is 0.459 e. The number of oxime groups is 1. The van der Waals surface area contributed by atoms with Crippen molar-refractivity contribution in [2.75, 3.05) is 19.0 Å². The first-order valence-electron chi connectivity index (χ1n) is 6.19. The quantitative estimate of drug-likeness (QED) is 0.473. The van der Waals surface area contributed by atoms with Crippen LogP contribution in [0.15, 0.2) is 16.8 Å². The lowest BCUT2D eigenvalue weighted by Crippen LogP contribution is -2.44. The van der Waals surface area contributed by atoms with Gasteiger partial charge in [-0.1, -0.05) is 5.16 Å². The number of carbonyl (C=O) groups excluding carboxylic acids is 1. The molecule has 0 unspecified atom stereocenters. The van der Waals surface area contributed by atoms with E-state index in [1.807, 2.05) is 0 Å². The molecule has 0 fully saturated rings. The molecule has 0 saturated carbocycles. The van der Waals surface area contributed by atoms with Crippen molar-refractivity contribution in [3.8, 4) is 0 Å². The predicted molar refractivity (Wildman–Crippen MR) is 75.9 cm³/mol. The summed E-state index contributed by atoms with van der Waals surface area (Å²) >= 11 is 1.14. The Kier molecular flexibility index (Phi) is 4.22. The van der Waals surface area contributed by atoms with Gasteiger partial charge in [-0.3, -0.25) is 0 Å². The van der Waals surface area contributed by atoms with Gasteiger partial charge < -0.3 is 9.74 Å². The van der Waals surface area contributed by atoms with Crippen molar-refractivity contribution < 1.29 is 31.6 Å². The summed E-state index contributed by atoms with van der Waals surface area (Å²) in [4.78, 5) is 17.6. The molecule has 126 valence electrons. The fourth-order valence-electron chi connectivity index (χ4n) is 1.74. The molecule has 0 N–H and O–H groups in total. The minimum Gasteiger partial charge on any atom is -0.370 e. The number of hydrogen-bond donors (Lipinski definition) is 0. The molecule has 0 radical (unpaired) electrons. The van der Waals surface area contributed by atoms with Gasteiger partial charge in [0.05, 0.1) is 10.6 Å². The van der Waals surface area contributed by atoms with Crippen molar-refractivity contribution in [2.45, 2.75) is 19.0 Å². The van der Waals surface area contributed by atoms with Crippen LogP contribution >= 0.6 is 11.3 Å². The summed E-state index contributed by atoms with van der Waals surface area (Å²) in [5, 5.41) is 3.38. The number of carbonyl (C=O) groups is 1. The third-order valence-corrected chi connectivity index (χ3v) is 4.36. The molecule has 23 heavy (non-hydrogen) atoms. The van der Waals surface area contributed by atoms with E-state index in [4.69, 9.17) is 0 Å². The van der Waals surface area contributed by atoms with Crippen molar-refractivity contribution in [1.29, 1.82) is 0 Å². The van der Waals surface area contributed by atoms with Crippen molar-refractivity contribution in [1.82, 2.24) is 0 Å². The number of nitrogens with zero attached hydrogens (tertiary/aromatic N) is 2. The lowest BCUT2D eigenvalue weighted by Gasteiger charge is -2.18. The largest absolute Gasteiger partial charge is 0.459 e. The number of thiophene rings is 1.